The monoisotopic (exact) mass is 293 g/mol. The van der Waals surface area contributed by atoms with Crippen molar-refractivity contribution in [2.75, 3.05) is 5.32 Å². The Morgan fingerprint density at radius 3 is 2.55 bits per heavy atom. The number of hydrogen-bond donors (Lipinski definition) is 2. The van der Waals surface area contributed by atoms with Crippen molar-refractivity contribution in [1.82, 2.24) is 10.2 Å². The summed E-state index contributed by atoms with van der Waals surface area (Å²) >= 11 is 5.60. The minimum Gasteiger partial charge on any atom is -0.508 e. The zero-order chi connectivity index (χ0) is 14.5. The topological polar surface area (TPSA) is 84.3 Å². The maximum atomic E-state index is 11.9. The van der Waals surface area contributed by atoms with Gasteiger partial charge in [0.15, 0.2) is 17.1 Å². The zero-order valence-corrected chi connectivity index (χ0v) is 11.3. The van der Waals surface area contributed by atoms with Crippen LogP contribution in [0.2, 0.25) is 5.15 Å². The molecule has 2 rings (SSSR count). The molecule has 20 heavy (non-hydrogen) atoms. The summed E-state index contributed by atoms with van der Waals surface area (Å²) in [4.78, 5) is 11.9. The number of rotatable bonds is 4. The molecule has 1 unspecified atom stereocenters. The van der Waals surface area contributed by atoms with Gasteiger partial charge in [-0.25, -0.2) is 0 Å². The van der Waals surface area contributed by atoms with Crippen LogP contribution in [0.15, 0.2) is 36.4 Å². The van der Waals surface area contributed by atoms with Crippen molar-refractivity contribution in [3.63, 3.8) is 0 Å². The first-order valence-electron chi connectivity index (χ1n) is 5.80. The van der Waals surface area contributed by atoms with Gasteiger partial charge < -0.3 is 15.2 Å². The highest BCUT2D eigenvalue weighted by Crippen LogP contribution is 2.17. The molecule has 0 saturated heterocycles. The molecule has 104 valence electrons. The summed E-state index contributed by atoms with van der Waals surface area (Å²) in [6, 6.07) is 9.16. The summed E-state index contributed by atoms with van der Waals surface area (Å²) in [5.41, 5.74) is 0. The SMILES string of the molecule is CC(Oc1ccc(O)cc1)C(=O)Nc1ccc(Cl)nn1. The number of benzene rings is 1. The zero-order valence-electron chi connectivity index (χ0n) is 10.6. The normalized spacial score (nSPS) is 11.7. The molecular weight excluding hydrogens is 282 g/mol. The lowest BCUT2D eigenvalue weighted by Crippen LogP contribution is -2.30. The fourth-order valence-corrected chi connectivity index (χ4v) is 1.49. The molecule has 0 aliphatic rings. The quantitative estimate of drug-likeness (QED) is 0.903. The molecule has 0 bridgehead atoms. The first kappa shape index (κ1) is 14.1. The highest BCUT2D eigenvalue weighted by atomic mass is 35.5. The van der Waals surface area contributed by atoms with Crippen LogP contribution in [-0.2, 0) is 4.79 Å². The van der Waals surface area contributed by atoms with Crippen molar-refractivity contribution in [2.24, 2.45) is 0 Å². The third-order valence-electron chi connectivity index (χ3n) is 2.40. The van der Waals surface area contributed by atoms with Crippen molar-refractivity contribution in [3.8, 4) is 11.5 Å². The summed E-state index contributed by atoms with van der Waals surface area (Å²) in [7, 11) is 0. The van der Waals surface area contributed by atoms with Gasteiger partial charge in [0.05, 0.1) is 0 Å². The van der Waals surface area contributed by atoms with Gasteiger partial charge in [0.1, 0.15) is 11.5 Å². The predicted molar refractivity (Wildman–Crippen MR) is 73.9 cm³/mol. The lowest BCUT2D eigenvalue weighted by atomic mass is 10.3. The van der Waals surface area contributed by atoms with E-state index in [9.17, 15) is 4.79 Å². The lowest BCUT2D eigenvalue weighted by molar-refractivity contribution is -0.122. The van der Waals surface area contributed by atoms with Gasteiger partial charge in [-0.1, -0.05) is 11.6 Å². The second kappa shape index (κ2) is 6.21. The minimum atomic E-state index is -0.725. The fourth-order valence-electron chi connectivity index (χ4n) is 1.39. The maximum absolute atomic E-state index is 11.9. The molecule has 0 radical (unpaired) electrons. The average Bonchev–Trinajstić information content (AvgIpc) is 2.44. The van der Waals surface area contributed by atoms with E-state index in [4.69, 9.17) is 21.4 Å². The third kappa shape index (κ3) is 3.83. The molecule has 1 amide bonds. The smallest absolute Gasteiger partial charge is 0.266 e. The molecule has 0 aliphatic carbocycles. The first-order chi connectivity index (χ1) is 9.54. The van der Waals surface area contributed by atoms with Gasteiger partial charge in [0.25, 0.3) is 5.91 Å². The van der Waals surface area contributed by atoms with Crippen molar-refractivity contribution < 1.29 is 14.6 Å². The van der Waals surface area contributed by atoms with Gasteiger partial charge in [-0.3, -0.25) is 4.79 Å². The second-order valence-electron chi connectivity index (χ2n) is 3.98. The molecule has 0 spiro atoms. The Kier molecular flexibility index (Phi) is 4.37. The van der Waals surface area contributed by atoms with E-state index in [1.165, 1.54) is 18.2 Å². The van der Waals surface area contributed by atoms with Gasteiger partial charge >= 0.3 is 0 Å². The molecule has 0 fully saturated rings. The summed E-state index contributed by atoms with van der Waals surface area (Å²) < 4.78 is 5.43. The van der Waals surface area contributed by atoms with Gasteiger partial charge in [-0.2, -0.15) is 0 Å². The number of aromatic hydroxyl groups is 1. The van der Waals surface area contributed by atoms with Crippen LogP contribution in [0.5, 0.6) is 11.5 Å². The third-order valence-corrected chi connectivity index (χ3v) is 2.60. The fraction of sp³-hybridized carbons (Fsp3) is 0.154. The average molecular weight is 294 g/mol. The molecule has 6 nitrogen and oxygen atoms in total. The van der Waals surface area contributed by atoms with Crippen LogP contribution in [0, 0.1) is 0 Å². The molecule has 1 heterocycles. The van der Waals surface area contributed by atoms with E-state index >= 15 is 0 Å². The highest BCUT2D eigenvalue weighted by molar-refractivity contribution is 6.29. The van der Waals surface area contributed by atoms with Gasteiger partial charge in [0, 0.05) is 0 Å². The van der Waals surface area contributed by atoms with Crippen molar-refractivity contribution in [1.29, 1.82) is 0 Å². The van der Waals surface area contributed by atoms with Crippen molar-refractivity contribution in [3.05, 3.63) is 41.6 Å². The Labute approximate surface area is 120 Å². The number of amides is 1. The number of carbonyl (C=O) groups excluding carboxylic acids is 1. The van der Waals surface area contributed by atoms with Crippen LogP contribution in [0.3, 0.4) is 0 Å². The number of hydrogen-bond acceptors (Lipinski definition) is 5. The first-order valence-corrected chi connectivity index (χ1v) is 6.18. The standard InChI is InChI=1S/C13H12ClN3O3/c1-8(20-10-4-2-9(18)3-5-10)13(19)15-12-7-6-11(14)16-17-12/h2-8,18H,1H3,(H,15,17,19). The number of phenolic OH excluding ortho intramolecular Hbond substituents is 1. The van der Waals surface area contributed by atoms with Crippen LogP contribution >= 0.6 is 11.6 Å². The number of phenols is 1. The molecule has 0 aliphatic heterocycles. The number of carbonyl (C=O) groups is 1. The number of nitrogens with one attached hydrogen (secondary N) is 1. The molecule has 1 aromatic carbocycles. The molecular formula is C13H12ClN3O3. The Morgan fingerprint density at radius 1 is 1.25 bits per heavy atom. The van der Waals surface area contributed by atoms with E-state index in [0.29, 0.717) is 11.6 Å². The maximum Gasteiger partial charge on any atom is 0.266 e. The molecule has 1 atom stereocenters. The number of anilines is 1. The van der Waals surface area contributed by atoms with E-state index in [2.05, 4.69) is 15.5 Å². The van der Waals surface area contributed by atoms with Gasteiger partial charge in [-0.15, -0.1) is 10.2 Å². The number of ether oxygens (including phenoxy) is 1. The predicted octanol–water partition coefficient (Wildman–Crippen LogP) is 2.24. The van der Waals surface area contributed by atoms with Gasteiger partial charge in [-0.05, 0) is 43.3 Å². The Hall–Kier alpha value is -2.34. The second-order valence-corrected chi connectivity index (χ2v) is 4.37. The molecule has 1 aromatic heterocycles. The summed E-state index contributed by atoms with van der Waals surface area (Å²) in [5, 5.41) is 19.3. The van der Waals surface area contributed by atoms with E-state index in [-0.39, 0.29) is 16.8 Å². The molecule has 2 N–H and O–H groups in total. The lowest BCUT2D eigenvalue weighted by Gasteiger charge is -2.14. The molecule has 7 heteroatoms. The Morgan fingerprint density at radius 2 is 1.95 bits per heavy atom. The summed E-state index contributed by atoms with van der Waals surface area (Å²) in [6.07, 6.45) is -0.725. The van der Waals surface area contributed by atoms with Crippen molar-refractivity contribution >= 4 is 23.3 Å². The van der Waals surface area contributed by atoms with Gasteiger partial charge in [0.2, 0.25) is 0 Å². The minimum absolute atomic E-state index is 0.130. The van der Waals surface area contributed by atoms with E-state index < -0.39 is 6.10 Å². The van der Waals surface area contributed by atoms with Crippen LogP contribution in [0.4, 0.5) is 5.82 Å². The molecule has 2 aromatic rings. The number of nitrogens with zero attached hydrogens (tertiary/aromatic N) is 2. The van der Waals surface area contributed by atoms with Crippen LogP contribution in [-0.4, -0.2) is 27.3 Å². The summed E-state index contributed by atoms with van der Waals surface area (Å²) in [6.45, 7) is 1.60. The Balaban J connectivity index is 1.94. The Bertz CT molecular complexity index is 587. The largest absolute Gasteiger partial charge is 0.508 e. The highest BCUT2D eigenvalue weighted by Gasteiger charge is 2.15. The van der Waals surface area contributed by atoms with Crippen LogP contribution in [0.1, 0.15) is 6.92 Å². The van der Waals surface area contributed by atoms with E-state index in [1.807, 2.05) is 0 Å². The van der Waals surface area contributed by atoms with Crippen LogP contribution < -0.4 is 10.1 Å². The number of aromatic nitrogens is 2. The van der Waals surface area contributed by atoms with E-state index in [0.717, 1.165) is 0 Å². The van der Waals surface area contributed by atoms with Crippen LogP contribution in [0.25, 0.3) is 0 Å². The molecule has 0 saturated carbocycles. The van der Waals surface area contributed by atoms with E-state index in [1.54, 1.807) is 25.1 Å². The summed E-state index contributed by atoms with van der Waals surface area (Å²) in [5.74, 6) is 0.536. The van der Waals surface area contributed by atoms with Crippen molar-refractivity contribution in [2.45, 2.75) is 13.0 Å². The number of halogens is 1.